The third-order valence-corrected chi connectivity index (χ3v) is 20.0. The second kappa shape index (κ2) is 38.9. The maximum Gasteiger partial charge on any atom is 0.410 e. The Hall–Kier alpha value is -6.74. The van der Waals surface area contributed by atoms with Crippen molar-refractivity contribution < 1.29 is 67.4 Å². The van der Waals surface area contributed by atoms with Gasteiger partial charge in [-0.15, -0.1) is 0 Å². The number of aliphatic hydroxyl groups excluding tert-OH is 1. The van der Waals surface area contributed by atoms with E-state index in [2.05, 4.69) is 26.2 Å². The van der Waals surface area contributed by atoms with Gasteiger partial charge in [-0.25, -0.2) is 4.79 Å². The van der Waals surface area contributed by atoms with Crippen molar-refractivity contribution in [1.29, 1.82) is 0 Å². The SMILES string of the molecule is C/C=C/C[C@@H](C)[C@@H](O)[C@H]1C(=O)N[C@@H](CC)C(=O)N(C)[C@H](C)C(=O)N(C)[C@](C=O)([C@H](C)CCC(C)(C)OC(=O)N2CCN(C)CC2)N[C@@H](C(C)C)C(=O)N(C)[C@@H](CC(C)C)C(=O)N[C@@H](C)C(=O)N[C@H](C)C(=O)N(C)[C@@H](CC(C)C)C(=O)N(C)[C@@H](CC(C)C)C(=O)N(C)[C@@H](C(C)C)C(=O)N1C. The van der Waals surface area contributed by atoms with Crippen LogP contribution < -0.4 is 21.3 Å². The summed E-state index contributed by atoms with van der Waals surface area (Å²) in [6.45, 7) is 34.9. The fourth-order valence-electron chi connectivity index (χ4n) is 13.0. The van der Waals surface area contributed by atoms with E-state index in [0.29, 0.717) is 32.5 Å². The molecule has 2 rings (SSSR count). The number of hydrogen-bond donors (Lipinski definition) is 5. The number of aliphatic hydroxyl groups is 1. The number of ether oxygens (including phenoxy) is 1. The first-order valence-electron chi connectivity index (χ1n) is 35.7. The molecule has 2 aliphatic rings. The van der Waals surface area contributed by atoms with E-state index in [9.17, 15) is 29.1 Å². The van der Waals surface area contributed by atoms with E-state index >= 15 is 33.6 Å². The molecule has 566 valence electrons. The summed E-state index contributed by atoms with van der Waals surface area (Å²) in [4.78, 5) is 190. The van der Waals surface area contributed by atoms with Gasteiger partial charge in [-0.1, -0.05) is 102 Å². The summed E-state index contributed by atoms with van der Waals surface area (Å²) in [5.74, 6) is -10.6. The number of nitrogens with zero attached hydrogens (tertiary/aromatic N) is 9. The van der Waals surface area contributed by atoms with E-state index in [1.54, 1.807) is 86.3 Å². The number of hydrogen-bond acceptors (Lipinski definition) is 16. The highest BCUT2D eigenvalue weighted by atomic mass is 16.6. The van der Waals surface area contributed by atoms with Crippen molar-refractivity contribution in [3.05, 3.63) is 12.2 Å². The van der Waals surface area contributed by atoms with Gasteiger partial charge >= 0.3 is 6.09 Å². The van der Waals surface area contributed by atoms with Gasteiger partial charge in [0.05, 0.1) is 12.1 Å². The molecule has 0 aliphatic carbocycles. The predicted molar refractivity (Wildman–Crippen MR) is 382 cm³/mol. The third kappa shape index (κ3) is 23.4. The molecular formula is C72H129N13O14. The zero-order valence-corrected chi connectivity index (χ0v) is 65.2. The Morgan fingerprint density at radius 2 is 1.05 bits per heavy atom. The van der Waals surface area contributed by atoms with Crippen LogP contribution in [0.4, 0.5) is 4.79 Å². The minimum absolute atomic E-state index is 0.0454. The molecule has 0 unspecified atom stereocenters. The van der Waals surface area contributed by atoms with E-state index in [1.807, 2.05) is 48.6 Å². The average Bonchev–Trinajstić information content (AvgIpc) is 0.780. The number of rotatable bonds is 19. The van der Waals surface area contributed by atoms with Gasteiger partial charge in [-0.3, -0.25) is 58.1 Å². The van der Waals surface area contributed by atoms with Gasteiger partial charge in [0.1, 0.15) is 60.0 Å². The molecule has 27 nitrogen and oxygen atoms in total. The molecule has 0 aromatic rings. The number of likely N-dealkylation sites (N-methyl/N-ethyl adjacent to an activating group) is 8. The molecular weight excluding hydrogens is 1270 g/mol. The van der Waals surface area contributed by atoms with E-state index in [-0.39, 0.29) is 62.7 Å². The molecule has 2 heterocycles. The highest BCUT2D eigenvalue weighted by Crippen LogP contribution is 2.32. The predicted octanol–water partition coefficient (Wildman–Crippen LogP) is 4.19. The van der Waals surface area contributed by atoms with Gasteiger partial charge in [0.25, 0.3) is 0 Å². The van der Waals surface area contributed by atoms with Crippen molar-refractivity contribution >= 4 is 71.5 Å². The van der Waals surface area contributed by atoms with Crippen molar-refractivity contribution in [2.45, 2.75) is 254 Å². The van der Waals surface area contributed by atoms with Crippen LogP contribution in [0.5, 0.6) is 0 Å². The van der Waals surface area contributed by atoms with Crippen LogP contribution in [0.3, 0.4) is 0 Å². The maximum atomic E-state index is 15.4. The molecule has 0 saturated carbocycles. The monoisotopic (exact) mass is 1400 g/mol. The Kier molecular flexibility index (Phi) is 34.7. The van der Waals surface area contributed by atoms with Crippen molar-refractivity contribution in [2.24, 2.45) is 41.4 Å². The van der Waals surface area contributed by atoms with Gasteiger partial charge in [0, 0.05) is 81.4 Å². The number of aldehydes is 1. The fraction of sp³-hybridized carbons (Fsp3) is 0.806. The maximum absolute atomic E-state index is 15.4. The third-order valence-electron chi connectivity index (χ3n) is 20.0. The van der Waals surface area contributed by atoms with Gasteiger partial charge in [-0.2, -0.15) is 0 Å². The summed E-state index contributed by atoms with van der Waals surface area (Å²) >= 11 is 0. The lowest BCUT2D eigenvalue weighted by Gasteiger charge is -2.47. The van der Waals surface area contributed by atoms with Crippen LogP contribution in [0.2, 0.25) is 0 Å². The number of carbonyl (C=O) groups is 12. The van der Waals surface area contributed by atoms with Crippen LogP contribution in [0.1, 0.15) is 176 Å². The minimum Gasteiger partial charge on any atom is -0.443 e. The van der Waals surface area contributed by atoms with E-state index in [0.717, 1.165) is 14.7 Å². The van der Waals surface area contributed by atoms with Crippen LogP contribution >= 0.6 is 0 Å². The first-order valence-corrected chi connectivity index (χ1v) is 35.7. The van der Waals surface area contributed by atoms with Crippen molar-refractivity contribution in [2.75, 3.05) is 82.6 Å². The zero-order chi connectivity index (χ0) is 76.4. The normalized spacial score (nSPS) is 27.7. The first-order chi connectivity index (χ1) is 45.7. The smallest absolute Gasteiger partial charge is 0.410 e. The second-order valence-corrected chi connectivity index (χ2v) is 30.7. The van der Waals surface area contributed by atoms with E-state index in [4.69, 9.17) is 4.74 Å². The molecule has 2 saturated heterocycles. The molecule has 99 heavy (non-hydrogen) atoms. The molecule has 2 fully saturated rings. The molecule has 14 atom stereocenters. The zero-order valence-electron chi connectivity index (χ0n) is 65.2. The standard InChI is InChI=1S/C72H129N13O14/c1-28-30-31-47(13)59(87)58-62(90)75-52(29-2)65(93)78(21)51(17)64(92)84(27)72(41-86,48(14)32-33-71(18,19)99-70(98)85-36-34-77(20)35-37-85)76-56(45(9)10)68(96)79(22)53(38-42(3)4)61(89)73-49(15)60(88)74-50(16)63(91)80(23)54(39-43(5)6)66(94)81(24)55(40-44(7)8)67(95)82(25)57(46(11)12)69(97)83(58)26/h28,30,41-59,76,87H,29,31-40H2,1-27H3,(H,73,89)(H,74,88)(H,75,90)/b30-28+/t47-,48-,49+,50-,51-,52+,53+,54+,55+,56+,57+,58+,59-,72-/m1/s1. The summed E-state index contributed by atoms with van der Waals surface area (Å²) in [5, 5.41) is 23.8. The van der Waals surface area contributed by atoms with Crippen LogP contribution in [-0.2, 0) is 57.5 Å². The summed E-state index contributed by atoms with van der Waals surface area (Å²) in [5.41, 5.74) is -3.19. The Morgan fingerprint density at radius 1 is 0.576 bits per heavy atom. The quantitative estimate of drug-likeness (QED) is 0.0894. The number of piperazine rings is 1. The summed E-state index contributed by atoms with van der Waals surface area (Å²) in [6, 6.07) is -13.1. The summed E-state index contributed by atoms with van der Waals surface area (Å²) < 4.78 is 6.09. The minimum atomic E-state index is -2.08. The Morgan fingerprint density at radius 3 is 1.53 bits per heavy atom. The second-order valence-electron chi connectivity index (χ2n) is 30.7. The van der Waals surface area contributed by atoms with Crippen LogP contribution in [-0.4, -0.2) is 281 Å². The molecule has 0 radical (unpaired) electrons. The van der Waals surface area contributed by atoms with E-state index in [1.165, 1.54) is 89.7 Å². The summed E-state index contributed by atoms with van der Waals surface area (Å²) in [7, 11) is 11.8. The van der Waals surface area contributed by atoms with Gasteiger partial charge in [0.2, 0.25) is 59.1 Å². The highest BCUT2D eigenvalue weighted by Gasteiger charge is 2.50. The number of amides is 11. The van der Waals surface area contributed by atoms with Crippen molar-refractivity contribution in [3.63, 3.8) is 0 Å². The molecule has 0 aromatic heterocycles. The van der Waals surface area contributed by atoms with Gasteiger partial charge < -0.3 is 69.9 Å². The Balaban J connectivity index is 3.13. The van der Waals surface area contributed by atoms with Crippen molar-refractivity contribution in [1.82, 2.24) is 65.4 Å². The lowest BCUT2D eigenvalue weighted by Crippen LogP contribution is -2.71. The van der Waals surface area contributed by atoms with Gasteiger partial charge in [0.15, 0.2) is 11.9 Å². The lowest BCUT2D eigenvalue weighted by atomic mass is 9.84. The fourth-order valence-corrected chi connectivity index (χ4v) is 13.0. The number of carbonyl (C=O) groups excluding carboxylic acids is 12. The lowest BCUT2D eigenvalue weighted by molar-refractivity contribution is -0.158. The summed E-state index contributed by atoms with van der Waals surface area (Å²) in [6.07, 6.45) is 2.92. The molecule has 11 amide bonds. The van der Waals surface area contributed by atoms with Crippen LogP contribution in [0.25, 0.3) is 0 Å². The van der Waals surface area contributed by atoms with Crippen molar-refractivity contribution in [3.8, 4) is 0 Å². The molecule has 0 aromatic carbocycles. The van der Waals surface area contributed by atoms with Gasteiger partial charge in [-0.05, 0) is 129 Å². The molecule has 0 bridgehead atoms. The van der Waals surface area contributed by atoms with Crippen LogP contribution in [0, 0.1) is 41.4 Å². The first kappa shape index (κ1) is 88.3. The molecule has 27 heteroatoms. The Bertz CT molecular complexity index is 2790. The Labute approximate surface area is 592 Å². The molecule has 0 spiro atoms. The van der Waals surface area contributed by atoms with E-state index < -0.39 is 167 Å². The number of nitrogens with one attached hydrogen (secondary N) is 4. The number of allylic oxidation sites excluding steroid dienone is 2. The largest absolute Gasteiger partial charge is 0.443 e. The van der Waals surface area contributed by atoms with Crippen LogP contribution in [0.15, 0.2) is 12.2 Å². The molecule has 5 N–H and O–H groups in total. The average molecular weight is 1400 g/mol. The molecule has 2 aliphatic heterocycles. The highest BCUT2D eigenvalue weighted by molar-refractivity contribution is 5.99. The topological polar surface area (TPSA) is 312 Å².